The first-order valence-electron chi connectivity index (χ1n) is 6.54. The van der Waals surface area contributed by atoms with Crippen LogP contribution in [0.5, 0.6) is 0 Å². The molecule has 0 fully saturated rings. The Bertz CT molecular complexity index is 687. The summed E-state index contributed by atoms with van der Waals surface area (Å²) in [6.45, 7) is 0.359. The van der Waals surface area contributed by atoms with Crippen LogP contribution in [0.3, 0.4) is 0 Å². The van der Waals surface area contributed by atoms with Crippen molar-refractivity contribution in [2.24, 2.45) is 0 Å². The standard InChI is InChI=1S/C16H13BrClNO2/c17-13-5-2-10(3-6-13)7-11-1-4-12-9-19(16(20)21)15(18)14(12)8-11/h1-6,8,15H,7,9H2,(H,20,21). The van der Waals surface area contributed by atoms with Gasteiger partial charge in [0.1, 0.15) is 5.50 Å². The van der Waals surface area contributed by atoms with Crippen LogP contribution in [0.4, 0.5) is 4.79 Å². The summed E-state index contributed by atoms with van der Waals surface area (Å²) in [5, 5.41) is 9.12. The molecule has 0 spiro atoms. The van der Waals surface area contributed by atoms with Gasteiger partial charge >= 0.3 is 6.09 Å². The number of nitrogens with zero attached hydrogens (tertiary/aromatic N) is 1. The molecule has 5 heteroatoms. The van der Waals surface area contributed by atoms with E-state index in [9.17, 15) is 4.79 Å². The van der Waals surface area contributed by atoms with Crippen molar-refractivity contribution in [3.63, 3.8) is 0 Å². The Hall–Kier alpha value is -1.52. The zero-order valence-corrected chi connectivity index (χ0v) is 13.4. The molecule has 0 saturated heterocycles. The first kappa shape index (κ1) is 14.4. The summed E-state index contributed by atoms with van der Waals surface area (Å²) in [6, 6.07) is 14.2. The Morgan fingerprint density at radius 2 is 1.90 bits per heavy atom. The number of halogens is 2. The summed E-state index contributed by atoms with van der Waals surface area (Å²) in [7, 11) is 0. The molecule has 21 heavy (non-hydrogen) atoms. The van der Waals surface area contributed by atoms with Crippen LogP contribution in [0.25, 0.3) is 0 Å². The van der Waals surface area contributed by atoms with Crippen LogP contribution in [0, 0.1) is 0 Å². The van der Waals surface area contributed by atoms with Crippen LogP contribution >= 0.6 is 27.5 Å². The van der Waals surface area contributed by atoms with E-state index in [0.717, 1.165) is 27.6 Å². The van der Waals surface area contributed by atoms with Gasteiger partial charge in [0.05, 0.1) is 6.54 Å². The lowest BCUT2D eigenvalue weighted by molar-refractivity contribution is 0.142. The third-order valence-electron chi connectivity index (χ3n) is 3.65. The Balaban J connectivity index is 1.84. The van der Waals surface area contributed by atoms with Gasteiger partial charge < -0.3 is 5.11 Å². The van der Waals surface area contributed by atoms with Crippen LogP contribution in [0.15, 0.2) is 46.9 Å². The monoisotopic (exact) mass is 365 g/mol. The number of rotatable bonds is 2. The van der Waals surface area contributed by atoms with Crippen molar-refractivity contribution in [3.8, 4) is 0 Å². The first-order valence-corrected chi connectivity index (χ1v) is 7.77. The van der Waals surface area contributed by atoms with Crippen LogP contribution in [-0.4, -0.2) is 16.1 Å². The minimum atomic E-state index is -0.986. The largest absolute Gasteiger partial charge is 0.465 e. The second-order valence-corrected chi connectivity index (χ2v) is 6.41. The Morgan fingerprint density at radius 3 is 2.57 bits per heavy atom. The normalized spacial score (nSPS) is 16.9. The lowest BCUT2D eigenvalue weighted by Gasteiger charge is -2.15. The van der Waals surface area contributed by atoms with Gasteiger partial charge in [0, 0.05) is 4.47 Å². The Morgan fingerprint density at radius 1 is 1.24 bits per heavy atom. The van der Waals surface area contributed by atoms with Gasteiger partial charge in [-0.25, -0.2) is 4.79 Å². The fourth-order valence-corrected chi connectivity index (χ4v) is 3.17. The molecular weight excluding hydrogens is 354 g/mol. The van der Waals surface area contributed by atoms with Gasteiger partial charge in [-0.3, -0.25) is 4.90 Å². The van der Waals surface area contributed by atoms with E-state index in [1.807, 2.05) is 30.3 Å². The number of hydrogen-bond donors (Lipinski definition) is 1. The zero-order valence-electron chi connectivity index (χ0n) is 11.1. The predicted octanol–water partition coefficient (Wildman–Crippen LogP) is 4.77. The summed E-state index contributed by atoms with van der Waals surface area (Å²) in [5.41, 5.74) is 3.62. The highest BCUT2D eigenvalue weighted by Crippen LogP contribution is 2.37. The molecule has 1 heterocycles. The number of carbonyl (C=O) groups is 1. The maximum Gasteiger partial charge on any atom is 0.409 e. The molecule has 1 amide bonds. The van der Waals surface area contributed by atoms with Gasteiger partial charge in [0.15, 0.2) is 0 Å². The Kier molecular flexibility index (Phi) is 3.91. The summed E-state index contributed by atoms with van der Waals surface area (Å²) < 4.78 is 1.05. The molecule has 0 aliphatic carbocycles. The number of fused-ring (bicyclic) bond motifs is 1. The van der Waals surface area contributed by atoms with Crippen LogP contribution < -0.4 is 0 Å². The fourth-order valence-electron chi connectivity index (χ4n) is 2.55. The molecular formula is C16H13BrClNO2. The van der Waals surface area contributed by atoms with Crippen molar-refractivity contribution in [1.29, 1.82) is 0 Å². The van der Waals surface area contributed by atoms with Crippen molar-refractivity contribution < 1.29 is 9.90 Å². The highest BCUT2D eigenvalue weighted by Gasteiger charge is 2.31. The second kappa shape index (κ2) is 5.70. The van der Waals surface area contributed by atoms with E-state index in [0.29, 0.717) is 6.54 Å². The van der Waals surface area contributed by atoms with Crippen LogP contribution in [0.2, 0.25) is 0 Å². The maximum atomic E-state index is 11.1. The summed E-state index contributed by atoms with van der Waals surface area (Å²) in [5.74, 6) is 0. The smallest absolute Gasteiger partial charge is 0.409 e. The molecule has 3 nitrogen and oxygen atoms in total. The third kappa shape index (κ3) is 2.92. The molecule has 0 bridgehead atoms. The van der Waals surface area contributed by atoms with Crippen molar-refractivity contribution >= 4 is 33.6 Å². The quantitative estimate of drug-likeness (QED) is 0.614. The van der Waals surface area contributed by atoms with E-state index in [-0.39, 0.29) is 0 Å². The van der Waals surface area contributed by atoms with E-state index < -0.39 is 11.6 Å². The molecule has 1 unspecified atom stereocenters. The first-order chi connectivity index (χ1) is 10.0. The minimum absolute atomic E-state index is 0.359. The van der Waals surface area contributed by atoms with Crippen LogP contribution in [0.1, 0.15) is 27.8 Å². The highest BCUT2D eigenvalue weighted by molar-refractivity contribution is 9.10. The molecule has 0 radical (unpaired) electrons. The summed E-state index contributed by atoms with van der Waals surface area (Å²) >= 11 is 9.66. The SMILES string of the molecule is O=C(O)N1Cc2ccc(Cc3ccc(Br)cc3)cc2C1Cl. The van der Waals surface area contributed by atoms with E-state index >= 15 is 0 Å². The van der Waals surface area contributed by atoms with E-state index in [1.54, 1.807) is 0 Å². The number of alkyl halides is 1. The minimum Gasteiger partial charge on any atom is -0.465 e. The Labute approximate surface area is 136 Å². The number of amides is 1. The molecule has 108 valence electrons. The molecule has 0 saturated carbocycles. The van der Waals surface area contributed by atoms with E-state index in [2.05, 4.69) is 28.1 Å². The van der Waals surface area contributed by atoms with Gasteiger partial charge in [-0.05, 0) is 40.8 Å². The molecule has 0 aromatic heterocycles. The zero-order chi connectivity index (χ0) is 15.0. The van der Waals surface area contributed by atoms with Crippen molar-refractivity contribution in [3.05, 3.63) is 69.2 Å². The van der Waals surface area contributed by atoms with Crippen molar-refractivity contribution in [1.82, 2.24) is 4.90 Å². The van der Waals surface area contributed by atoms with E-state index in [1.165, 1.54) is 10.5 Å². The molecule has 1 atom stereocenters. The number of benzene rings is 2. The number of carboxylic acid groups (broad SMARTS) is 1. The van der Waals surface area contributed by atoms with Gasteiger partial charge in [0.25, 0.3) is 0 Å². The summed E-state index contributed by atoms with van der Waals surface area (Å²) in [4.78, 5) is 12.4. The van der Waals surface area contributed by atoms with Gasteiger partial charge in [-0.15, -0.1) is 0 Å². The molecule has 3 rings (SSSR count). The molecule has 2 aromatic carbocycles. The summed E-state index contributed by atoms with van der Waals surface area (Å²) in [6.07, 6.45) is -0.183. The van der Waals surface area contributed by atoms with Gasteiger partial charge in [-0.2, -0.15) is 0 Å². The van der Waals surface area contributed by atoms with Crippen LogP contribution in [-0.2, 0) is 13.0 Å². The number of hydrogen-bond acceptors (Lipinski definition) is 1. The molecule has 2 aromatic rings. The molecule has 1 aliphatic rings. The highest BCUT2D eigenvalue weighted by atomic mass is 79.9. The average molecular weight is 367 g/mol. The van der Waals surface area contributed by atoms with Gasteiger partial charge in [0.2, 0.25) is 0 Å². The fraction of sp³-hybridized carbons (Fsp3) is 0.188. The lowest BCUT2D eigenvalue weighted by Crippen LogP contribution is -2.24. The third-order valence-corrected chi connectivity index (χ3v) is 4.65. The van der Waals surface area contributed by atoms with E-state index in [4.69, 9.17) is 16.7 Å². The second-order valence-electron chi connectivity index (χ2n) is 5.08. The lowest BCUT2D eigenvalue weighted by atomic mass is 10.0. The predicted molar refractivity (Wildman–Crippen MR) is 85.6 cm³/mol. The average Bonchev–Trinajstić information content (AvgIpc) is 2.79. The molecule has 1 N–H and O–H groups in total. The van der Waals surface area contributed by atoms with Crippen molar-refractivity contribution in [2.45, 2.75) is 18.5 Å². The maximum absolute atomic E-state index is 11.1. The van der Waals surface area contributed by atoms with Gasteiger partial charge in [-0.1, -0.05) is 57.9 Å². The molecule has 1 aliphatic heterocycles. The topological polar surface area (TPSA) is 40.5 Å². The van der Waals surface area contributed by atoms with Crippen molar-refractivity contribution in [2.75, 3.05) is 0 Å².